The van der Waals surface area contributed by atoms with Gasteiger partial charge in [-0.3, -0.25) is 9.47 Å². The number of nitrogens with zero attached hydrogens (tertiary/aromatic N) is 8. The SMILES string of the molecule is C[C@H](Nc1nccc(-n2cnc3cc(-c4ccnc(N)n4)ccc32)n1)[C@@H]1CN(C(=O)Nc2cccc3ccccc23)CCN1C(=O)OCc1ccccc1. The van der Waals surface area contributed by atoms with Crippen molar-refractivity contribution in [1.29, 1.82) is 0 Å². The van der Waals surface area contributed by atoms with Crippen LogP contribution in [0.25, 0.3) is 38.9 Å². The Bertz CT molecular complexity index is 2450. The molecule has 0 bridgehead atoms. The van der Waals surface area contributed by atoms with Gasteiger partial charge in [0.2, 0.25) is 11.9 Å². The van der Waals surface area contributed by atoms with E-state index in [1.165, 1.54) is 0 Å². The number of nitrogen functional groups attached to an aromatic ring is 1. The normalized spacial score (nSPS) is 14.9. The number of amides is 3. The predicted octanol–water partition coefficient (Wildman–Crippen LogP) is 6.36. The van der Waals surface area contributed by atoms with Crippen LogP contribution in [0.2, 0.25) is 0 Å². The Morgan fingerprint density at radius 3 is 2.57 bits per heavy atom. The second-order valence-electron chi connectivity index (χ2n) is 13.0. The fourth-order valence-corrected chi connectivity index (χ4v) is 6.72. The zero-order valence-corrected chi connectivity index (χ0v) is 29.4. The first-order valence-corrected chi connectivity index (χ1v) is 17.6. The third kappa shape index (κ3) is 7.17. The van der Waals surface area contributed by atoms with E-state index in [9.17, 15) is 9.59 Å². The Kier molecular flexibility index (Phi) is 9.37. The van der Waals surface area contributed by atoms with Gasteiger partial charge in [-0.2, -0.15) is 4.98 Å². The van der Waals surface area contributed by atoms with E-state index in [1.54, 1.807) is 40.7 Å². The molecular formula is C40H37N11O3. The highest BCUT2D eigenvalue weighted by molar-refractivity contribution is 6.01. The molecule has 1 aliphatic rings. The summed E-state index contributed by atoms with van der Waals surface area (Å²) in [6, 6.07) is 31.6. The molecule has 0 unspecified atom stereocenters. The van der Waals surface area contributed by atoms with Crippen LogP contribution >= 0.6 is 0 Å². The minimum Gasteiger partial charge on any atom is -0.445 e. The number of piperazine rings is 1. The van der Waals surface area contributed by atoms with Crippen LogP contribution in [0.5, 0.6) is 0 Å². The van der Waals surface area contributed by atoms with Gasteiger partial charge in [0.1, 0.15) is 18.8 Å². The van der Waals surface area contributed by atoms with E-state index in [-0.39, 0.29) is 37.7 Å². The summed E-state index contributed by atoms with van der Waals surface area (Å²) in [4.78, 5) is 53.0. The fraction of sp³-hybridized carbons (Fsp3) is 0.175. The topological polar surface area (TPSA) is 169 Å². The number of rotatable bonds is 8. The molecule has 8 rings (SSSR count). The van der Waals surface area contributed by atoms with E-state index in [4.69, 9.17) is 15.5 Å². The highest BCUT2D eigenvalue weighted by Gasteiger charge is 2.37. The van der Waals surface area contributed by atoms with E-state index in [0.29, 0.717) is 24.0 Å². The van der Waals surface area contributed by atoms with Crippen LogP contribution < -0.4 is 16.4 Å². The molecule has 270 valence electrons. The first-order chi connectivity index (χ1) is 26.4. The molecule has 4 N–H and O–H groups in total. The number of fused-ring (bicyclic) bond motifs is 2. The highest BCUT2D eigenvalue weighted by atomic mass is 16.6. The van der Waals surface area contributed by atoms with Gasteiger partial charge in [-0.25, -0.2) is 29.5 Å². The maximum absolute atomic E-state index is 13.7. The lowest BCUT2D eigenvalue weighted by Gasteiger charge is -2.43. The zero-order chi connectivity index (χ0) is 37.0. The number of nitrogens with one attached hydrogen (secondary N) is 2. The maximum Gasteiger partial charge on any atom is 0.410 e. The summed E-state index contributed by atoms with van der Waals surface area (Å²) >= 11 is 0. The van der Waals surface area contributed by atoms with E-state index >= 15 is 0 Å². The molecule has 2 atom stereocenters. The quantitative estimate of drug-likeness (QED) is 0.161. The minimum absolute atomic E-state index is 0.134. The average Bonchev–Trinajstić information content (AvgIpc) is 3.64. The third-order valence-corrected chi connectivity index (χ3v) is 9.52. The van der Waals surface area contributed by atoms with Crippen molar-refractivity contribution < 1.29 is 14.3 Å². The molecule has 4 heterocycles. The van der Waals surface area contributed by atoms with Crippen molar-refractivity contribution in [3.63, 3.8) is 0 Å². The van der Waals surface area contributed by atoms with Gasteiger partial charge in [0.15, 0.2) is 0 Å². The number of aromatic nitrogens is 6. The third-order valence-electron chi connectivity index (χ3n) is 9.52. The molecule has 3 aromatic heterocycles. The number of nitrogens with two attached hydrogens (primary N) is 1. The van der Waals surface area contributed by atoms with E-state index in [0.717, 1.165) is 38.6 Å². The number of anilines is 3. The van der Waals surface area contributed by atoms with Crippen LogP contribution in [-0.2, 0) is 11.3 Å². The van der Waals surface area contributed by atoms with Crippen LogP contribution in [0.15, 0.2) is 122 Å². The molecule has 3 amide bonds. The number of carbonyl (C=O) groups excluding carboxylic acids is 2. The molecular weight excluding hydrogens is 683 g/mol. The molecule has 0 radical (unpaired) electrons. The summed E-state index contributed by atoms with van der Waals surface area (Å²) in [6.07, 6.45) is 4.53. The maximum atomic E-state index is 13.7. The number of urea groups is 1. The number of imidazole rings is 1. The zero-order valence-electron chi connectivity index (χ0n) is 29.4. The summed E-state index contributed by atoms with van der Waals surface area (Å²) in [6.45, 7) is 2.93. The first-order valence-electron chi connectivity index (χ1n) is 17.6. The minimum atomic E-state index is -0.476. The predicted molar refractivity (Wildman–Crippen MR) is 207 cm³/mol. The first kappa shape index (κ1) is 34.0. The van der Waals surface area contributed by atoms with Crippen molar-refractivity contribution >= 4 is 51.5 Å². The van der Waals surface area contributed by atoms with Gasteiger partial charge in [0, 0.05) is 49.0 Å². The number of hydrogen-bond donors (Lipinski definition) is 3. The van der Waals surface area contributed by atoms with Crippen LogP contribution in [-0.4, -0.2) is 83.1 Å². The van der Waals surface area contributed by atoms with Gasteiger partial charge in [-0.05, 0) is 48.2 Å². The van der Waals surface area contributed by atoms with Crippen LogP contribution in [0.3, 0.4) is 0 Å². The molecule has 0 aliphatic carbocycles. The van der Waals surface area contributed by atoms with Crippen molar-refractivity contribution in [2.45, 2.75) is 25.6 Å². The van der Waals surface area contributed by atoms with Gasteiger partial charge in [-0.1, -0.05) is 72.8 Å². The molecule has 1 aliphatic heterocycles. The standard InChI is InChI=1S/C40H37N11O3/c1-26(45-38-43-19-17-36(48-38)51-25-44-33-22-29(14-15-34(33)51)31-16-18-42-37(41)46-31)35-23-49(20-21-50(35)40(53)54-24-27-8-3-2-4-9-27)39(52)47-32-13-7-11-28-10-5-6-12-30(28)32/h2-19,22,25-26,35H,20-21,23-24H2,1H3,(H,47,52)(H2,41,42,46)(H,43,45,48)/t26-,35-/m0/s1. The lowest BCUT2D eigenvalue weighted by molar-refractivity contribution is 0.0484. The molecule has 7 aromatic rings. The summed E-state index contributed by atoms with van der Waals surface area (Å²) < 4.78 is 7.65. The molecule has 0 saturated carbocycles. The lowest BCUT2D eigenvalue weighted by atomic mass is 10.1. The molecule has 4 aromatic carbocycles. The molecule has 54 heavy (non-hydrogen) atoms. The second kappa shape index (κ2) is 14.9. The Morgan fingerprint density at radius 2 is 1.70 bits per heavy atom. The average molecular weight is 720 g/mol. The fourth-order valence-electron chi connectivity index (χ4n) is 6.72. The number of ether oxygens (including phenoxy) is 1. The molecule has 1 fully saturated rings. The van der Waals surface area contributed by atoms with Gasteiger partial charge in [-0.15, -0.1) is 0 Å². The lowest BCUT2D eigenvalue weighted by Crippen LogP contribution is -2.61. The molecule has 14 heteroatoms. The van der Waals surface area contributed by atoms with Crippen molar-refractivity contribution in [2.24, 2.45) is 0 Å². The van der Waals surface area contributed by atoms with E-state index in [1.807, 2.05) is 102 Å². The molecule has 1 saturated heterocycles. The summed E-state index contributed by atoms with van der Waals surface area (Å²) in [5, 5.41) is 8.47. The van der Waals surface area contributed by atoms with Gasteiger partial charge in [0.25, 0.3) is 0 Å². The Morgan fingerprint density at radius 1 is 0.889 bits per heavy atom. The van der Waals surface area contributed by atoms with Gasteiger partial charge >= 0.3 is 12.1 Å². The van der Waals surface area contributed by atoms with Crippen LogP contribution in [0, 0.1) is 0 Å². The van der Waals surface area contributed by atoms with E-state index in [2.05, 4.69) is 30.6 Å². The number of benzene rings is 4. The Labute approximate surface area is 310 Å². The van der Waals surface area contributed by atoms with Crippen LogP contribution in [0.4, 0.5) is 27.2 Å². The van der Waals surface area contributed by atoms with Crippen LogP contribution in [0.1, 0.15) is 12.5 Å². The highest BCUT2D eigenvalue weighted by Crippen LogP contribution is 2.26. The molecule has 14 nitrogen and oxygen atoms in total. The largest absolute Gasteiger partial charge is 0.445 e. The van der Waals surface area contributed by atoms with Crippen molar-refractivity contribution in [1.82, 2.24) is 39.3 Å². The summed E-state index contributed by atoms with van der Waals surface area (Å²) in [7, 11) is 0. The number of carbonyl (C=O) groups is 2. The van der Waals surface area contributed by atoms with Crippen molar-refractivity contribution in [2.75, 3.05) is 36.0 Å². The summed E-state index contributed by atoms with van der Waals surface area (Å²) in [5.41, 5.74) is 10.6. The van der Waals surface area contributed by atoms with E-state index < -0.39 is 12.1 Å². The summed E-state index contributed by atoms with van der Waals surface area (Å²) in [5.74, 6) is 1.15. The van der Waals surface area contributed by atoms with Crippen molar-refractivity contribution in [3.8, 4) is 17.1 Å². The Balaban J connectivity index is 1.02. The van der Waals surface area contributed by atoms with Gasteiger partial charge in [0.05, 0.1) is 28.5 Å². The smallest absolute Gasteiger partial charge is 0.410 e. The van der Waals surface area contributed by atoms with Gasteiger partial charge < -0.3 is 26.0 Å². The molecule has 0 spiro atoms. The number of hydrogen-bond acceptors (Lipinski definition) is 10. The Hall–Kier alpha value is -7.09. The second-order valence-corrected chi connectivity index (χ2v) is 13.0. The van der Waals surface area contributed by atoms with Crippen molar-refractivity contribution in [3.05, 3.63) is 127 Å². The monoisotopic (exact) mass is 719 g/mol.